The Balaban J connectivity index is 1.81. The fourth-order valence-corrected chi connectivity index (χ4v) is 1.92. The molecule has 0 aliphatic rings. The number of nitrogens with zero attached hydrogens (tertiary/aromatic N) is 2. The molecule has 0 fully saturated rings. The largest absolute Gasteiger partial charge is 0.493 e. The average molecular weight is 315 g/mol. The maximum Gasteiger partial charge on any atom is 0.277 e. The summed E-state index contributed by atoms with van der Waals surface area (Å²) in [6.07, 6.45) is 5.53. The van der Waals surface area contributed by atoms with Crippen LogP contribution in [-0.2, 0) is 4.79 Å². The minimum Gasteiger partial charge on any atom is -0.493 e. The van der Waals surface area contributed by atoms with Gasteiger partial charge in [-0.15, -0.1) is 0 Å². The average Bonchev–Trinajstić information content (AvgIpc) is 3.02. The third-order valence-corrected chi connectivity index (χ3v) is 3.16. The smallest absolute Gasteiger partial charge is 0.277 e. The lowest BCUT2D eigenvalue weighted by Gasteiger charge is -2.09. The Morgan fingerprint density at radius 2 is 2.04 bits per heavy atom. The summed E-state index contributed by atoms with van der Waals surface area (Å²) in [5, 5.41) is 3.92. The fourth-order valence-electron chi connectivity index (χ4n) is 1.92. The number of methoxy groups -OCH3 is 1. The molecule has 6 heteroatoms. The van der Waals surface area contributed by atoms with Crippen LogP contribution in [0.25, 0.3) is 0 Å². The quantitative estimate of drug-likeness (QED) is 0.631. The van der Waals surface area contributed by atoms with Gasteiger partial charge < -0.3 is 14.0 Å². The van der Waals surface area contributed by atoms with Gasteiger partial charge in [-0.3, -0.25) is 4.79 Å². The van der Waals surface area contributed by atoms with Gasteiger partial charge in [-0.25, -0.2) is 5.43 Å². The van der Waals surface area contributed by atoms with E-state index in [1.165, 1.54) is 0 Å². The fraction of sp³-hybridized carbons (Fsp3) is 0.294. The normalized spacial score (nSPS) is 11.0. The van der Waals surface area contributed by atoms with Crippen LogP contribution >= 0.6 is 0 Å². The summed E-state index contributed by atoms with van der Waals surface area (Å²) < 4.78 is 12.6. The van der Waals surface area contributed by atoms with Gasteiger partial charge in [0.15, 0.2) is 18.1 Å². The molecule has 1 heterocycles. The van der Waals surface area contributed by atoms with Crippen LogP contribution in [0.2, 0.25) is 0 Å². The monoisotopic (exact) mass is 315 g/mol. The number of aromatic nitrogens is 1. The van der Waals surface area contributed by atoms with E-state index in [-0.39, 0.29) is 12.5 Å². The molecule has 0 aliphatic heterocycles. The van der Waals surface area contributed by atoms with E-state index >= 15 is 0 Å². The molecule has 122 valence electrons. The van der Waals surface area contributed by atoms with E-state index in [0.717, 1.165) is 5.56 Å². The molecule has 1 N–H and O–H groups in total. The first-order chi connectivity index (χ1) is 11.1. The van der Waals surface area contributed by atoms with E-state index in [4.69, 9.17) is 9.47 Å². The van der Waals surface area contributed by atoms with Gasteiger partial charge in [0, 0.05) is 24.0 Å². The second-order valence-electron chi connectivity index (χ2n) is 5.22. The molecule has 1 aromatic heterocycles. The molecule has 0 aliphatic carbocycles. The zero-order chi connectivity index (χ0) is 16.7. The van der Waals surface area contributed by atoms with Gasteiger partial charge in [0.25, 0.3) is 5.91 Å². The third-order valence-electron chi connectivity index (χ3n) is 3.16. The summed E-state index contributed by atoms with van der Waals surface area (Å²) in [6, 6.07) is 9.48. The van der Waals surface area contributed by atoms with Crippen molar-refractivity contribution in [3.05, 3.63) is 48.3 Å². The highest BCUT2D eigenvalue weighted by atomic mass is 16.5. The zero-order valence-electron chi connectivity index (χ0n) is 13.5. The van der Waals surface area contributed by atoms with Crippen LogP contribution in [0, 0.1) is 0 Å². The molecule has 0 saturated heterocycles. The number of hydrogen-bond donors (Lipinski definition) is 1. The standard InChI is InChI=1S/C17H21N3O3/c1-13(2)20-9-8-14(11-20)10-18-19-17(21)12-23-16-7-5-4-6-15(16)22-3/h4-11,13H,12H2,1-3H3,(H,19,21)/b18-10+. The van der Waals surface area contributed by atoms with Crippen molar-refractivity contribution in [1.82, 2.24) is 9.99 Å². The molecular weight excluding hydrogens is 294 g/mol. The molecule has 0 radical (unpaired) electrons. The minimum atomic E-state index is -0.338. The highest BCUT2D eigenvalue weighted by Gasteiger charge is 2.06. The Morgan fingerprint density at radius 3 is 2.70 bits per heavy atom. The molecule has 0 spiro atoms. The molecule has 6 nitrogen and oxygen atoms in total. The summed E-state index contributed by atoms with van der Waals surface area (Å²) in [7, 11) is 1.55. The van der Waals surface area contributed by atoms with Gasteiger partial charge in [-0.05, 0) is 32.0 Å². The number of ether oxygens (including phenoxy) is 2. The molecule has 1 amide bonds. The number of nitrogens with one attached hydrogen (secondary N) is 1. The van der Waals surface area contributed by atoms with Crippen LogP contribution in [0.3, 0.4) is 0 Å². The lowest BCUT2D eigenvalue weighted by Crippen LogP contribution is -2.24. The maximum atomic E-state index is 11.7. The van der Waals surface area contributed by atoms with Gasteiger partial charge in [0.05, 0.1) is 13.3 Å². The number of benzene rings is 1. The molecule has 2 rings (SSSR count). The SMILES string of the molecule is COc1ccccc1OCC(=O)N/N=C/c1ccn(C(C)C)c1. The van der Waals surface area contributed by atoms with Gasteiger partial charge in [0.1, 0.15) is 0 Å². The summed E-state index contributed by atoms with van der Waals surface area (Å²) in [4.78, 5) is 11.7. The summed E-state index contributed by atoms with van der Waals surface area (Å²) in [5.74, 6) is 0.761. The number of hydrogen-bond acceptors (Lipinski definition) is 4. The maximum absolute atomic E-state index is 11.7. The van der Waals surface area contributed by atoms with Crippen molar-refractivity contribution in [3.63, 3.8) is 0 Å². The summed E-state index contributed by atoms with van der Waals surface area (Å²) in [5.41, 5.74) is 3.35. The van der Waals surface area contributed by atoms with Crippen LogP contribution in [0.4, 0.5) is 0 Å². The van der Waals surface area contributed by atoms with Crippen molar-refractivity contribution in [1.29, 1.82) is 0 Å². The zero-order valence-corrected chi connectivity index (χ0v) is 13.5. The van der Waals surface area contributed by atoms with Crippen LogP contribution in [0.5, 0.6) is 11.5 Å². The van der Waals surface area contributed by atoms with E-state index in [9.17, 15) is 4.79 Å². The number of carbonyl (C=O) groups excluding carboxylic acids is 1. The van der Waals surface area contributed by atoms with Gasteiger partial charge >= 0.3 is 0 Å². The molecule has 1 aromatic carbocycles. The van der Waals surface area contributed by atoms with E-state index < -0.39 is 0 Å². The topological polar surface area (TPSA) is 64.8 Å². The molecule has 23 heavy (non-hydrogen) atoms. The number of amides is 1. The summed E-state index contributed by atoms with van der Waals surface area (Å²) >= 11 is 0. The summed E-state index contributed by atoms with van der Waals surface area (Å²) in [6.45, 7) is 4.06. The van der Waals surface area contributed by atoms with Crippen molar-refractivity contribution < 1.29 is 14.3 Å². The molecule has 0 unspecified atom stereocenters. The molecule has 0 atom stereocenters. The van der Waals surface area contributed by atoms with Crippen molar-refractivity contribution in [2.75, 3.05) is 13.7 Å². The molecular formula is C17H21N3O3. The second-order valence-corrected chi connectivity index (χ2v) is 5.22. The van der Waals surface area contributed by atoms with Crippen molar-refractivity contribution in [3.8, 4) is 11.5 Å². The van der Waals surface area contributed by atoms with E-state index in [0.29, 0.717) is 17.5 Å². The van der Waals surface area contributed by atoms with Crippen LogP contribution in [0.15, 0.2) is 47.8 Å². The van der Waals surface area contributed by atoms with Gasteiger partial charge in [-0.1, -0.05) is 12.1 Å². The van der Waals surface area contributed by atoms with E-state index in [1.54, 1.807) is 25.5 Å². The Kier molecular flexibility index (Phi) is 5.80. The first kappa shape index (κ1) is 16.6. The highest BCUT2D eigenvalue weighted by molar-refractivity contribution is 5.82. The number of rotatable bonds is 7. The Bertz CT molecular complexity index is 677. The predicted octanol–water partition coefficient (Wildman–Crippen LogP) is 2.61. The highest BCUT2D eigenvalue weighted by Crippen LogP contribution is 2.25. The van der Waals surface area contributed by atoms with Gasteiger partial charge in [0.2, 0.25) is 0 Å². The molecule has 0 saturated carbocycles. The molecule has 0 bridgehead atoms. The lowest BCUT2D eigenvalue weighted by atomic mass is 10.3. The Hall–Kier alpha value is -2.76. The first-order valence-corrected chi connectivity index (χ1v) is 7.35. The van der Waals surface area contributed by atoms with Crippen molar-refractivity contribution in [2.24, 2.45) is 5.10 Å². The van der Waals surface area contributed by atoms with Crippen LogP contribution in [0.1, 0.15) is 25.5 Å². The number of hydrazone groups is 1. The Morgan fingerprint density at radius 1 is 1.30 bits per heavy atom. The predicted molar refractivity (Wildman–Crippen MR) is 89.0 cm³/mol. The number of carbonyl (C=O) groups is 1. The van der Waals surface area contributed by atoms with E-state index in [2.05, 4.69) is 28.9 Å². The van der Waals surface area contributed by atoms with E-state index in [1.807, 2.05) is 30.6 Å². The first-order valence-electron chi connectivity index (χ1n) is 7.35. The lowest BCUT2D eigenvalue weighted by molar-refractivity contribution is -0.123. The third kappa shape index (κ3) is 4.88. The van der Waals surface area contributed by atoms with Crippen LogP contribution < -0.4 is 14.9 Å². The number of para-hydroxylation sites is 2. The van der Waals surface area contributed by atoms with Gasteiger partial charge in [-0.2, -0.15) is 5.10 Å². The minimum absolute atomic E-state index is 0.134. The van der Waals surface area contributed by atoms with Crippen molar-refractivity contribution >= 4 is 12.1 Å². The Labute approximate surface area is 135 Å². The van der Waals surface area contributed by atoms with Crippen LogP contribution in [-0.4, -0.2) is 30.4 Å². The second kappa shape index (κ2) is 8.03. The molecule has 2 aromatic rings. The van der Waals surface area contributed by atoms with Crippen molar-refractivity contribution in [2.45, 2.75) is 19.9 Å².